The van der Waals surface area contributed by atoms with Gasteiger partial charge in [-0.05, 0) is 17.5 Å². The van der Waals surface area contributed by atoms with E-state index in [0.717, 1.165) is 18.6 Å². The molecule has 0 aliphatic heterocycles. The molecule has 0 saturated carbocycles. The van der Waals surface area contributed by atoms with Gasteiger partial charge in [0.1, 0.15) is 0 Å². The lowest BCUT2D eigenvalue weighted by atomic mass is 10.1. The van der Waals surface area contributed by atoms with Crippen molar-refractivity contribution in [3.8, 4) is 0 Å². The summed E-state index contributed by atoms with van der Waals surface area (Å²) in [6.45, 7) is 4.23. The molecule has 2 nitrogen and oxygen atoms in total. The SMILES string of the molecule is CCCOCc1cccc(CN)c1. The quantitative estimate of drug-likeness (QED) is 0.702. The van der Waals surface area contributed by atoms with E-state index in [1.165, 1.54) is 5.56 Å². The predicted octanol–water partition coefficient (Wildman–Crippen LogP) is 2.07. The first-order valence-electron chi connectivity index (χ1n) is 4.72. The number of hydrogen-bond donors (Lipinski definition) is 1. The average molecular weight is 179 g/mol. The molecule has 0 heterocycles. The van der Waals surface area contributed by atoms with Crippen molar-refractivity contribution in [2.75, 3.05) is 6.61 Å². The fourth-order valence-corrected chi connectivity index (χ4v) is 1.18. The van der Waals surface area contributed by atoms with Crippen molar-refractivity contribution in [2.45, 2.75) is 26.5 Å². The molecule has 0 unspecified atom stereocenters. The van der Waals surface area contributed by atoms with Crippen LogP contribution >= 0.6 is 0 Å². The van der Waals surface area contributed by atoms with Gasteiger partial charge in [-0.15, -0.1) is 0 Å². The molecule has 0 fully saturated rings. The van der Waals surface area contributed by atoms with E-state index < -0.39 is 0 Å². The maximum Gasteiger partial charge on any atom is 0.0716 e. The smallest absolute Gasteiger partial charge is 0.0716 e. The molecule has 0 atom stereocenters. The molecule has 2 N–H and O–H groups in total. The summed E-state index contributed by atoms with van der Waals surface area (Å²) in [5.74, 6) is 0. The zero-order valence-corrected chi connectivity index (χ0v) is 8.12. The molecular formula is C11H17NO. The molecule has 0 amide bonds. The van der Waals surface area contributed by atoms with E-state index in [0.29, 0.717) is 13.2 Å². The number of ether oxygens (including phenoxy) is 1. The Morgan fingerprint density at radius 2 is 2.08 bits per heavy atom. The summed E-state index contributed by atoms with van der Waals surface area (Å²) in [7, 11) is 0. The highest BCUT2D eigenvalue weighted by atomic mass is 16.5. The van der Waals surface area contributed by atoms with E-state index in [1.54, 1.807) is 0 Å². The topological polar surface area (TPSA) is 35.2 Å². The maximum atomic E-state index is 5.53. The van der Waals surface area contributed by atoms with Crippen LogP contribution in [0.1, 0.15) is 24.5 Å². The summed E-state index contributed by atoms with van der Waals surface area (Å²) < 4.78 is 5.43. The summed E-state index contributed by atoms with van der Waals surface area (Å²) in [6.07, 6.45) is 1.07. The third kappa shape index (κ3) is 3.57. The molecule has 1 rings (SSSR count). The van der Waals surface area contributed by atoms with Gasteiger partial charge in [-0.3, -0.25) is 0 Å². The molecule has 1 aromatic carbocycles. The normalized spacial score (nSPS) is 10.3. The van der Waals surface area contributed by atoms with Crippen molar-refractivity contribution in [3.05, 3.63) is 35.4 Å². The molecule has 72 valence electrons. The first-order valence-corrected chi connectivity index (χ1v) is 4.72. The van der Waals surface area contributed by atoms with Gasteiger partial charge < -0.3 is 10.5 Å². The minimum Gasteiger partial charge on any atom is -0.377 e. The number of nitrogens with two attached hydrogens (primary N) is 1. The Bertz CT molecular complexity index is 248. The Labute approximate surface area is 79.7 Å². The molecular weight excluding hydrogens is 162 g/mol. The first kappa shape index (κ1) is 10.2. The van der Waals surface area contributed by atoms with Crippen molar-refractivity contribution in [3.63, 3.8) is 0 Å². The van der Waals surface area contributed by atoms with Gasteiger partial charge in [0.2, 0.25) is 0 Å². The maximum absolute atomic E-state index is 5.53. The highest BCUT2D eigenvalue weighted by Crippen LogP contribution is 2.05. The zero-order chi connectivity index (χ0) is 9.52. The summed E-state index contributed by atoms with van der Waals surface area (Å²) in [5.41, 5.74) is 7.90. The number of hydrogen-bond acceptors (Lipinski definition) is 2. The summed E-state index contributed by atoms with van der Waals surface area (Å²) in [4.78, 5) is 0. The summed E-state index contributed by atoms with van der Waals surface area (Å²) in [6, 6.07) is 8.21. The van der Waals surface area contributed by atoms with E-state index in [4.69, 9.17) is 10.5 Å². The first-order chi connectivity index (χ1) is 6.36. The van der Waals surface area contributed by atoms with Crippen LogP contribution in [0, 0.1) is 0 Å². The van der Waals surface area contributed by atoms with Crippen LogP contribution in [0.4, 0.5) is 0 Å². The molecule has 2 heteroatoms. The second-order valence-electron chi connectivity index (χ2n) is 3.08. The Morgan fingerprint density at radius 1 is 1.31 bits per heavy atom. The third-order valence-corrected chi connectivity index (χ3v) is 1.84. The number of rotatable bonds is 5. The lowest BCUT2D eigenvalue weighted by Gasteiger charge is -2.04. The van der Waals surface area contributed by atoms with Crippen molar-refractivity contribution < 1.29 is 4.74 Å². The molecule has 0 spiro atoms. The van der Waals surface area contributed by atoms with E-state index in [9.17, 15) is 0 Å². The zero-order valence-electron chi connectivity index (χ0n) is 8.12. The fraction of sp³-hybridized carbons (Fsp3) is 0.455. The highest BCUT2D eigenvalue weighted by Gasteiger charge is 1.94. The molecule has 0 saturated heterocycles. The van der Waals surface area contributed by atoms with Crippen LogP contribution in [0.25, 0.3) is 0 Å². The van der Waals surface area contributed by atoms with Crippen molar-refractivity contribution in [1.82, 2.24) is 0 Å². The van der Waals surface area contributed by atoms with E-state index in [-0.39, 0.29) is 0 Å². The Hall–Kier alpha value is -0.860. The second kappa shape index (κ2) is 5.73. The van der Waals surface area contributed by atoms with Crippen LogP contribution in [0.5, 0.6) is 0 Å². The van der Waals surface area contributed by atoms with Gasteiger partial charge in [-0.1, -0.05) is 31.2 Å². The molecule has 0 radical (unpaired) electrons. The van der Waals surface area contributed by atoms with Crippen LogP contribution in [0.3, 0.4) is 0 Å². The van der Waals surface area contributed by atoms with Gasteiger partial charge in [0.15, 0.2) is 0 Å². The monoisotopic (exact) mass is 179 g/mol. The lowest BCUT2D eigenvalue weighted by Crippen LogP contribution is -1.98. The van der Waals surface area contributed by atoms with E-state index >= 15 is 0 Å². The minimum atomic E-state index is 0.599. The van der Waals surface area contributed by atoms with Crippen molar-refractivity contribution in [1.29, 1.82) is 0 Å². The molecule has 0 aliphatic carbocycles. The van der Waals surface area contributed by atoms with Gasteiger partial charge in [-0.2, -0.15) is 0 Å². The lowest BCUT2D eigenvalue weighted by molar-refractivity contribution is 0.121. The largest absolute Gasteiger partial charge is 0.377 e. The Kier molecular flexibility index (Phi) is 4.50. The number of benzene rings is 1. The average Bonchev–Trinajstić information content (AvgIpc) is 2.19. The van der Waals surface area contributed by atoms with Crippen LogP contribution in [0.15, 0.2) is 24.3 Å². The van der Waals surface area contributed by atoms with Crippen LogP contribution in [0.2, 0.25) is 0 Å². The molecule has 0 aromatic heterocycles. The van der Waals surface area contributed by atoms with Gasteiger partial charge in [0, 0.05) is 13.2 Å². The Morgan fingerprint density at radius 3 is 2.77 bits per heavy atom. The molecule has 13 heavy (non-hydrogen) atoms. The van der Waals surface area contributed by atoms with E-state index in [2.05, 4.69) is 19.1 Å². The van der Waals surface area contributed by atoms with Crippen LogP contribution in [-0.2, 0) is 17.9 Å². The second-order valence-corrected chi connectivity index (χ2v) is 3.08. The predicted molar refractivity (Wildman–Crippen MR) is 54.3 cm³/mol. The minimum absolute atomic E-state index is 0.599. The van der Waals surface area contributed by atoms with Gasteiger partial charge >= 0.3 is 0 Å². The summed E-state index contributed by atoms with van der Waals surface area (Å²) >= 11 is 0. The van der Waals surface area contributed by atoms with Gasteiger partial charge in [0.25, 0.3) is 0 Å². The van der Waals surface area contributed by atoms with Crippen molar-refractivity contribution in [2.24, 2.45) is 5.73 Å². The van der Waals surface area contributed by atoms with Gasteiger partial charge in [-0.25, -0.2) is 0 Å². The standard InChI is InChI=1S/C11H17NO/c1-2-6-13-9-11-5-3-4-10(7-11)8-12/h3-5,7H,2,6,8-9,12H2,1H3. The molecule has 1 aromatic rings. The highest BCUT2D eigenvalue weighted by molar-refractivity contribution is 5.22. The summed E-state index contributed by atoms with van der Waals surface area (Å²) in [5, 5.41) is 0. The fourth-order valence-electron chi connectivity index (χ4n) is 1.18. The van der Waals surface area contributed by atoms with Crippen LogP contribution < -0.4 is 5.73 Å². The van der Waals surface area contributed by atoms with Gasteiger partial charge in [0.05, 0.1) is 6.61 Å². The Balaban J connectivity index is 2.46. The third-order valence-electron chi connectivity index (χ3n) is 1.84. The molecule has 0 aliphatic rings. The van der Waals surface area contributed by atoms with Crippen molar-refractivity contribution >= 4 is 0 Å². The van der Waals surface area contributed by atoms with Crippen LogP contribution in [-0.4, -0.2) is 6.61 Å². The molecule has 0 bridgehead atoms. The van der Waals surface area contributed by atoms with E-state index in [1.807, 2.05) is 12.1 Å².